The molecule has 0 aliphatic heterocycles. The van der Waals surface area contributed by atoms with Gasteiger partial charge < -0.3 is 10.6 Å². The first kappa shape index (κ1) is 14.2. The van der Waals surface area contributed by atoms with Gasteiger partial charge in [0, 0.05) is 13.1 Å². The fourth-order valence-electron chi connectivity index (χ4n) is 1.65. The predicted octanol–water partition coefficient (Wildman–Crippen LogP) is 2.33. The lowest BCUT2D eigenvalue weighted by molar-refractivity contribution is 0.376. The van der Waals surface area contributed by atoms with Crippen LogP contribution in [0.1, 0.15) is 27.2 Å². The monoisotopic (exact) mass is 256 g/mol. The van der Waals surface area contributed by atoms with E-state index in [1.165, 1.54) is 6.33 Å². The van der Waals surface area contributed by atoms with E-state index < -0.39 is 0 Å². The zero-order chi connectivity index (χ0) is 12.9. The summed E-state index contributed by atoms with van der Waals surface area (Å²) in [6.07, 6.45) is 4.20. The zero-order valence-corrected chi connectivity index (χ0v) is 11.5. The average molecular weight is 257 g/mol. The summed E-state index contributed by atoms with van der Waals surface area (Å²) in [5.74, 6) is 0.796. The molecule has 5 heteroatoms. The summed E-state index contributed by atoms with van der Waals surface area (Å²) in [6, 6.07) is 0. The summed E-state index contributed by atoms with van der Waals surface area (Å²) < 4.78 is 0. The van der Waals surface area contributed by atoms with Gasteiger partial charge in [0.2, 0.25) is 0 Å². The molecule has 0 radical (unpaired) electrons. The van der Waals surface area contributed by atoms with Crippen molar-refractivity contribution < 1.29 is 0 Å². The lowest BCUT2D eigenvalue weighted by Crippen LogP contribution is -2.39. The molecule has 0 aromatic carbocycles. The second-order valence-corrected chi connectivity index (χ2v) is 5.39. The van der Waals surface area contributed by atoms with E-state index in [1.54, 1.807) is 6.20 Å². The third kappa shape index (κ3) is 4.13. The lowest BCUT2D eigenvalue weighted by Gasteiger charge is -2.32. The molecule has 0 aliphatic rings. The molecule has 0 spiro atoms. The van der Waals surface area contributed by atoms with Gasteiger partial charge in [-0.3, -0.25) is 0 Å². The maximum Gasteiger partial charge on any atom is 0.150 e. The SMILES string of the molecule is CCCN(CC(C)(C)CN)c1ncncc1Cl. The Morgan fingerprint density at radius 1 is 1.47 bits per heavy atom. The second kappa shape index (κ2) is 6.17. The highest BCUT2D eigenvalue weighted by molar-refractivity contribution is 6.32. The smallest absolute Gasteiger partial charge is 0.150 e. The molecule has 0 atom stereocenters. The molecule has 0 fully saturated rings. The first-order chi connectivity index (χ1) is 8.00. The number of nitrogens with zero attached hydrogens (tertiary/aromatic N) is 3. The van der Waals surface area contributed by atoms with E-state index in [2.05, 4.69) is 35.6 Å². The quantitative estimate of drug-likeness (QED) is 0.849. The van der Waals surface area contributed by atoms with Gasteiger partial charge >= 0.3 is 0 Å². The van der Waals surface area contributed by atoms with E-state index in [4.69, 9.17) is 17.3 Å². The summed E-state index contributed by atoms with van der Waals surface area (Å²) in [6.45, 7) is 8.82. The third-order valence-electron chi connectivity index (χ3n) is 2.61. The summed E-state index contributed by atoms with van der Waals surface area (Å²) in [5, 5.41) is 0.591. The zero-order valence-electron chi connectivity index (χ0n) is 10.8. The number of hydrogen-bond acceptors (Lipinski definition) is 4. The Hall–Kier alpha value is -0.870. The fourth-order valence-corrected chi connectivity index (χ4v) is 1.87. The summed E-state index contributed by atoms with van der Waals surface area (Å²) in [5.41, 5.74) is 5.82. The number of rotatable bonds is 6. The van der Waals surface area contributed by atoms with Crippen molar-refractivity contribution in [3.8, 4) is 0 Å². The first-order valence-corrected chi connectivity index (χ1v) is 6.28. The molecular weight excluding hydrogens is 236 g/mol. The van der Waals surface area contributed by atoms with Crippen LogP contribution < -0.4 is 10.6 Å². The number of anilines is 1. The largest absolute Gasteiger partial charge is 0.355 e. The van der Waals surface area contributed by atoms with E-state index in [9.17, 15) is 0 Å². The molecule has 0 saturated heterocycles. The van der Waals surface area contributed by atoms with Crippen LogP contribution in [0.5, 0.6) is 0 Å². The molecule has 0 saturated carbocycles. The highest BCUT2D eigenvalue weighted by Crippen LogP contribution is 2.25. The highest BCUT2D eigenvalue weighted by atomic mass is 35.5. The van der Waals surface area contributed by atoms with Crippen LogP contribution in [0, 0.1) is 5.41 Å². The van der Waals surface area contributed by atoms with Crippen LogP contribution >= 0.6 is 11.6 Å². The van der Waals surface area contributed by atoms with Crippen molar-refractivity contribution in [3.63, 3.8) is 0 Å². The van der Waals surface area contributed by atoms with Crippen LogP contribution in [0.15, 0.2) is 12.5 Å². The number of halogens is 1. The van der Waals surface area contributed by atoms with Crippen LogP contribution in [0.3, 0.4) is 0 Å². The second-order valence-electron chi connectivity index (χ2n) is 4.98. The van der Waals surface area contributed by atoms with E-state index in [-0.39, 0.29) is 5.41 Å². The van der Waals surface area contributed by atoms with Gasteiger partial charge in [-0.15, -0.1) is 0 Å². The Balaban J connectivity index is 2.90. The topological polar surface area (TPSA) is 55.0 Å². The van der Waals surface area contributed by atoms with Crippen molar-refractivity contribution in [2.75, 3.05) is 24.5 Å². The molecule has 96 valence electrons. The predicted molar refractivity (Wildman–Crippen MR) is 72.4 cm³/mol. The van der Waals surface area contributed by atoms with Crippen molar-refractivity contribution in [2.45, 2.75) is 27.2 Å². The van der Waals surface area contributed by atoms with Crippen LogP contribution in [-0.4, -0.2) is 29.6 Å². The van der Waals surface area contributed by atoms with Crippen molar-refractivity contribution in [3.05, 3.63) is 17.5 Å². The Labute approximate surface area is 108 Å². The average Bonchev–Trinajstić information content (AvgIpc) is 2.29. The first-order valence-electron chi connectivity index (χ1n) is 5.90. The fraction of sp³-hybridized carbons (Fsp3) is 0.667. The van der Waals surface area contributed by atoms with Gasteiger partial charge in [0.1, 0.15) is 11.3 Å². The molecule has 1 heterocycles. The molecule has 0 amide bonds. The van der Waals surface area contributed by atoms with Gasteiger partial charge in [-0.05, 0) is 18.4 Å². The van der Waals surface area contributed by atoms with Gasteiger partial charge in [-0.25, -0.2) is 9.97 Å². The van der Waals surface area contributed by atoms with Gasteiger partial charge in [0.15, 0.2) is 5.82 Å². The summed E-state index contributed by atoms with van der Waals surface area (Å²) in [7, 11) is 0. The molecular formula is C12H21ClN4. The normalized spacial score (nSPS) is 11.6. The number of nitrogens with two attached hydrogens (primary N) is 1. The van der Waals surface area contributed by atoms with E-state index in [0.29, 0.717) is 11.6 Å². The lowest BCUT2D eigenvalue weighted by atomic mass is 9.93. The minimum Gasteiger partial charge on any atom is -0.355 e. The summed E-state index contributed by atoms with van der Waals surface area (Å²) >= 11 is 6.13. The molecule has 0 unspecified atom stereocenters. The van der Waals surface area contributed by atoms with Gasteiger partial charge in [0.25, 0.3) is 0 Å². The Kier molecular flexibility index (Phi) is 5.15. The Morgan fingerprint density at radius 2 is 2.18 bits per heavy atom. The van der Waals surface area contributed by atoms with Crippen LogP contribution in [0.2, 0.25) is 5.02 Å². The van der Waals surface area contributed by atoms with Crippen molar-refractivity contribution in [1.82, 2.24) is 9.97 Å². The Morgan fingerprint density at radius 3 is 2.71 bits per heavy atom. The Bertz CT molecular complexity index is 354. The van der Waals surface area contributed by atoms with Gasteiger partial charge in [-0.1, -0.05) is 32.4 Å². The molecule has 1 rings (SSSR count). The third-order valence-corrected chi connectivity index (χ3v) is 2.88. The minimum atomic E-state index is 0.0451. The molecule has 0 bridgehead atoms. The highest BCUT2D eigenvalue weighted by Gasteiger charge is 2.22. The maximum absolute atomic E-state index is 6.13. The van der Waals surface area contributed by atoms with Crippen LogP contribution in [0.4, 0.5) is 5.82 Å². The van der Waals surface area contributed by atoms with Crippen molar-refractivity contribution in [2.24, 2.45) is 11.1 Å². The summed E-state index contributed by atoms with van der Waals surface area (Å²) in [4.78, 5) is 10.3. The molecule has 4 nitrogen and oxygen atoms in total. The van der Waals surface area contributed by atoms with E-state index >= 15 is 0 Å². The number of hydrogen-bond donors (Lipinski definition) is 1. The molecule has 1 aromatic rings. The number of aromatic nitrogens is 2. The molecule has 17 heavy (non-hydrogen) atoms. The standard InChI is InChI=1S/C12H21ClN4/c1-4-5-17(8-12(2,3)7-14)11-10(13)6-15-9-16-11/h6,9H,4-5,7-8,14H2,1-3H3. The minimum absolute atomic E-state index is 0.0451. The van der Waals surface area contributed by atoms with E-state index in [1.807, 2.05) is 0 Å². The van der Waals surface area contributed by atoms with Crippen molar-refractivity contribution in [1.29, 1.82) is 0 Å². The van der Waals surface area contributed by atoms with Crippen LogP contribution in [-0.2, 0) is 0 Å². The van der Waals surface area contributed by atoms with Gasteiger partial charge in [0.05, 0.1) is 6.20 Å². The van der Waals surface area contributed by atoms with Gasteiger partial charge in [-0.2, -0.15) is 0 Å². The maximum atomic E-state index is 6.13. The molecule has 0 aliphatic carbocycles. The van der Waals surface area contributed by atoms with E-state index in [0.717, 1.165) is 25.3 Å². The van der Waals surface area contributed by atoms with Crippen LogP contribution in [0.25, 0.3) is 0 Å². The molecule has 2 N–H and O–H groups in total. The van der Waals surface area contributed by atoms with Crippen molar-refractivity contribution >= 4 is 17.4 Å². The molecule has 1 aromatic heterocycles.